The van der Waals surface area contributed by atoms with Gasteiger partial charge in [-0.2, -0.15) is 0 Å². The molecule has 1 fully saturated rings. The van der Waals surface area contributed by atoms with E-state index in [-0.39, 0.29) is 0 Å². The van der Waals surface area contributed by atoms with Gasteiger partial charge in [0.05, 0.1) is 10.4 Å². The van der Waals surface area contributed by atoms with Gasteiger partial charge in [0.15, 0.2) is 0 Å². The Labute approximate surface area is 154 Å². The van der Waals surface area contributed by atoms with E-state index in [1.165, 1.54) is 49.0 Å². The van der Waals surface area contributed by atoms with Gasteiger partial charge < -0.3 is 4.57 Å². The van der Waals surface area contributed by atoms with Crippen molar-refractivity contribution in [3.63, 3.8) is 0 Å². The number of benzene rings is 1. The van der Waals surface area contributed by atoms with Gasteiger partial charge in [0.2, 0.25) is 0 Å². The lowest BCUT2D eigenvalue weighted by Crippen LogP contribution is -2.33. The van der Waals surface area contributed by atoms with Gasteiger partial charge in [0.1, 0.15) is 0 Å². The summed E-state index contributed by atoms with van der Waals surface area (Å²) in [6, 6.07) is 9.03. The van der Waals surface area contributed by atoms with Crippen LogP contribution >= 0.6 is 23.5 Å². The summed E-state index contributed by atoms with van der Waals surface area (Å²) in [4.78, 5) is 4.24. The van der Waals surface area contributed by atoms with Crippen LogP contribution in [0.2, 0.25) is 0 Å². The molecule has 1 aromatic heterocycles. The molecule has 24 heavy (non-hydrogen) atoms. The summed E-state index contributed by atoms with van der Waals surface area (Å²) in [5.41, 5.74) is 2.82. The number of hydrogen-bond acceptors (Lipinski definition) is 3. The van der Waals surface area contributed by atoms with Crippen LogP contribution in [0.4, 0.5) is 0 Å². The molecule has 4 heteroatoms. The summed E-state index contributed by atoms with van der Waals surface area (Å²) in [5, 5.41) is 0.814. The third-order valence-electron chi connectivity index (χ3n) is 4.77. The molecular formula is C20H28N2S2. The van der Waals surface area contributed by atoms with Crippen LogP contribution in [0.1, 0.15) is 43.7 Å². The highest BCUT2D eigenvalue weighted by atomic mass is 32.2. The van der Waals surface area contributed by atoms with Crippen LogP contribution < -0.4 is 0 Å². The lowest BCUT2D eigenvalue weighted by Gasteiger charge is -2.40. The van der Waals surface area contributed by atoms with Crippen LogP contribution in [0.3, 0.4) is 0 Å². The lowest BCUT2D eigenvalue weighted by atomic mass is 10.1. The Morgan fingerprint density at radius 2 is 2.12 bits per heavy atom. The predicted molar refractivity (Wildman–Crippen MR) is 108 cm³/mol. The van der Waals surface area contributed by atoms with E-state index in [4.69, 9.17) is 0 Å². The van der Waals surface area contributed by atoms with E-state index in [1.807, 2.05) is 12.5 Å². The zero-order valence-corrected chi connectivity index (χ0v) is 16.4. The number of nitrogens with zero attached hydrogens (tertiary/aromatic N) is 2. The molecule has 0 bridgehead atoms. The molecule has 0 amide bonds. The summed E-state index contributed by atoms with van der Waals surface area (Å²) in [5.74, 6) is 1.30. The average molecular weight is 361 g/mol. The topological polar surface area (TPSA) is 17.8 Å². The first-order chi connectivity index (χ1) is 11.7. The minimum Gasteiger partial charge on any atom is -0.335 e. The van der Waals surface area contributed by atoms with Crippen molar-refractivity contribution in [1.29, 1.82) is 0 Å². The van der Waals surface area contributed by atoms with Crippen molar-refractivity contribution in [3.05, 3.63) is 54.1 Å². The largest absolute Gasteiger partial charge is 0.335 e. The first-order valence-corrected chi connectivity index (χ1v) is 10.9. The number of imidazole rings is 1. The third kappa shape index (κ3) is 4.82. The molecule has 1 aromatic carbocycles. The molecule has 2 heterocycles. The van der Waals surface area contributed by atoms with Gasteiger partial charge >= 0.3 is 0 Å². The van der Waals surface area contributed by atoms with Gasteiger partial charge in [0, 0.05) is 24.2 Å². The van der Waals surface area contributed by atoms with Crippen molar-refractivity contribution in [3.8, 4) is 0 Å². The summed E-state index contributed by atoms with van der Waals surface area (Å²) < 4.78 is 2.58. The molecule has 3 rings (SSSR count). The van der Waals surface area contributed by atoms with Crippen LogP contribution in [0.15, 0.2) is 43.0 Å². The second-order valence-electron chi connectivity index (χ2n) is 6.77. The van der Waals surface area contributed by atoms with Crippen molar-refractivity contribution in [2.24, 2.45) is 0 Å². The highest BCUT2D eigenvalue weighted by Gasteiger charge is 2.37. The minimum absolute atomic E-state index is 0.310. The molecule has 130 valence electrons. The first-order valence-electron chi connectivity index (χ1n) is 9.02. The number of aryl methyl sites for hydroxylation is 2. The van der Waals surface area contributed by atoms with Crippen molar-refractivity contribution < 1.29 is 0 Å². The highest BCUT2D eigenvalue weighted by molar-refractivity contribution is 8.19. The van der Waals surface area contributed by atoms with E-state index in [9.17, 15) is 0 Å². The van der Waals surface area contributed by atoms with Gasteiger partial charge in [-0.25, -0.2) is 4.98 Å². The second-order valence-corrected chi connectivity index (χ2v) is 10.2. The summed E-state index contributed by atoms with van der Waals surface area (Å²) in [6.07, 6.45) is 12.3. The Morgan fingerprint density at radius 3 is 2.83 bits per heavy atom. The molecular weight excluding hydrogens is 332 g/mol. The van der Waals surface area contributed by atoms with Crippen LogP contribution in [0.5, 0.6) is 0 Å². The number of aromatic nitrogens is 2. The van der Waals surface area contributed by atoms with Gasteiger partial charge in [-0.1, -0.05) is 36.8 Å². The molecule has 2 aromatic rings. The van der Waals surface area contributed by atoms with Crippen LogP contribution in [-0.4, -0.2) is 24.6 Å². The maximum Gasteiger partial charge on any atom is 0.0946 e. The Balaban J connectivity index is 1.64. The highest BCUT2D eigenvalue weighted by Crippen LogP contribution is 2.50. The Bertz CT molecular complexity index is 609. The van der Waals surface area contributed by atoms with Crippen LogP contribution in [0, 0.1) is 6.92 Å². The van der Waals surface area contributed by atoms with Crippen molar-refractivity contribution in [1.82, 2.24) is 9.55 Å². The fourth-order valence-corrected chi connectivity index (χ4v) is 7.21. The molecule has 1 saturated heterocycles. The van der Waals surface area contributed by atoms with Gasteiger partial charge in [-0.15, -0.1) is 23.5 Å². The standard InChI is InChI=1S/C20H28N2S2/c1-3-19-10-14-23-20(24-19,15-22-13-12-21-16-22)11-4-5-18-8-6-17(2)7-9-18/h6-9,12-13,16,19H,3-5,10-11,14-15H2,1-2H3. The van der Waals surface area contributed by atoms with Gasteiger partial charge in [0.25, 0.3) is 0 Å². The minimum atomic E-state index is 0.310. The molecule has 2 unspecified atom stereocenters. The van der Waals surface area contributed by atoms with Crippen LogP contribution in [-0.2, 0) is 13.0 Å². The SMILES string of the molecule is CCC1CCSC(CCCc2ccc(C)cc2)(Cn2ccnc2)S1. The number of rotatable bonds is 7. The van der Waals surface area contributed by atoms with Crippen LogP contribution in [0.25, 0.3) is 0 Å². The average Bonchev–Trinajstić information content (AvgIpc) is 3.09. The molecule has 2 atom stereocenters. The summed E-state index contributed by atoms with van der Waals surface area (Å²) >= 11 is 4.41. The van der Waals surface area contributed by atoms with Gasteiger partial charge in [-0.05, 0) is 50.3 Å². The fourth-order valence-electron chi connectivity index (χ4n) is 3.33. The smallest absolute Gasteiger partial charge is 0.0946 e. The van der Waals surface area contributed by atoms with E-state index in [2.05, 4.69) is 77.4 Å². The monoisotopic (exact) mass is 360 g/mol. The molecule has 0 radical (unpaired) electrons. The number of hydrogen-bond donors (Lipinski definition) is 0. The Hall–Kier alpha value is -0.870. The fraction of sp³-hybridized carbons (Fsp3) is 0.550. The number of thioether (sulfide) groups is 2. The van der Waals surface area contributed by atoms with Crippen molar-refractivity contribution >= 4 is 23.5 Å². The molecule has 0 aliphatic carbocycles. The van der Waals surface area contributed by atoms with E-state index in [0.29, 0.717) is 4.08 Å². The van der Waals surface area contributed by atoms with E-state index in [1.54, 1.807) is 0 Å². The zero-order chi connectivity index (χ0) is 16.8. The second kappa shape index (κ2) is 8.48. The van der Waals surface area contributed by atoms with E-state index < -0.39 is 0 Å². The van der Waals surface area contributed by atoms with Gasteiger partial charge in [-0.3, -0.25) is 0 Å². The van der Waals surface area contributed by atoms with E-state index >= 15 is 0 Å². The summed E-state index contributed by atoms with van der Waals surface area (Å²) in [7, 11) is 0. The van der Waals surface area contributed by atoms with Crippen molar-refractivity contribution in [2.45, 2.75) is 61.8 Å². The maximum absolute atomic E-state index is 4.24. The predicted octanol–water partition coefficient (Wildman–Crippen LogP) is 5.56. The Morgan fingerprint density at radius 1 is 1.29 bits per heavy atom. The first kappa shape index (κ1) is 17.9. The molecule has 1 aliphatic heterocycles. The normalized spacial score (nSPS) is 24.2. The van der Waals surface area contributed by atoms with Crippen molar-refractivity contribution in [2.75, 3.05) is 5.75 Å². The Kier molecular flexibility index (Phi) is 6.34. The van der Waals surface area contributed by atoms with E-state index in [0.717, 1.165) is 11.8 Å². The zero-order valence-electron chi connectivity index (χ0n) is 14.8. The molecule has 0 saturated carbocycles. The molecule has 2 nitrogen and oxygen atoms in total. The molecule has 0 spiro atoms. The molecule has 1 aliphatic rings. The summed E-state index contributed by atoms with van der Waals surface area (Å²) in [6.45, 7) is 5.57. The lowest BCUT2D eigenvalue weighted by molar-refractivity contribution is 0.559. The third-order valence-corrected chi connectivity index (χ3v) is 8.37. The molecule has 0 N–H and O–H groups in total. The quantitative estimate of drug-likeness (QED) is 0.644. The maximum atomic E-state index is 4.24.